The van der Waals surface area contributed by atoms with Crippen molar-refractivity contribution in [2.45, 2.75) is 63.6 Å². The molecule has 1 aliphatic heterocycles. The molecule has 6 nitrogen and oxygen atoms in total. The van der Waals surface area contributed by atoms with Crippen LogP contribution in [0.2, 0.25) is 0 Å². The molecule has 3 aromatic carbocycles. The standard InChI is InChI=1S/C32H35BrN2O4/c33-26-14-10-25(11-15-26)22-35(31(36)17-13-24-12-16-29-30(21-24)39-19-18-38-29)28(20-23-6-2-1-3-7-23)32(37)34-27-8-4-5-9-27/h1-3,6-7,10-12,14-16,21,27-28H,4-5,8-9,13,17-20,22H2,(H,34,37)/t28-/m1/s1. The van der Waals surface area contributed by atoms with Gasteiger partial charge in [0.1, 0.15) is 19.3 Å². The van der Waals surface area contributed by atoms with E-state index >= 15 is 0 Å². The monoisotopic (exact) mass is 590 g/mol. The number of ether oxygens (including phenoxy) is 2. The molecule has 0 radical (unpaired) electrons. The largest absolute Gasteiger partial charge is 0.486 e. The van der Waals surface area contributed by atoms with Gasteiger partial charge in [-0.1, -0.05) is 77.3 Å². The zero-order valence-electron chi connectivity index (χ0n) is 22.1. The van der Waals surface area contributed by atoms with Crippen molar-refractivity contribution in [3.05, 3.63) is 94.0 Å². The van der Waals surface area contributed by atoms with Crippen LogP contribution in [-0.4, -0.2) is 42.0 Å². The number of benzene rings is 3. The number of carbonyl (C=O) groups excluding carboxylic acids is 2. The second kappa shape index (κ2) is 13.2. The average molecular weight is 592 g/mol. The molecule has 0 bridgehead atoms. The highest BCUT2D eigenvalue weighted by Crippen LogP contribution is 2.31. The summed E-state index contributed by atoms with van der Waals surface area (Å²) in [4.78, 5) is 29.5. The third-order valence-corrected chi connectivity index (χ3v) is 8.00. The van der Waals surface area contributed by atoms with E-state index in [2.05, 4.69) is 21.2 Å². The first-order valence-electron chi connectivity index (χ1n) is 13.8. The Kier molecular flexibility index (Phi) is 9.19. The van der Waals surface area contributed by atoms with E-state index < -0.39 is 6.04 Å². The predicted octanol–water partition coefficient (Wildman–Crippen LogP) is 5.85. The van der Waals surface area contributed by atoms with Crippen molar-refractivity contribution in [1.82, 2.24) is 10.2 Å². The van der Waals surface area contributed by atoms with E-state index in [4.69, 9.17) is 9.47 Å². The van der Waals surface area contributed by atoms with Gasteiger partial charge in [0.15, 0.2) is 11.5 Å². The Hall–Kier alpha value is -3.32. The summed E-state index contributed by atoms with van der Waals surface area (Å²) in [5.74, 6) is 1.33. The Morgan fingerprint density at radius 3 is 2.31 bits per heavy atom. The minimum Gasteiger partial charge on any atom is -0.486 e. The Balaban J connectivity index is 1.39. The van der Waals surface area contributed by atoms with Gasteiger partial charge in [0.05, 0.1) is 0 Å². The highest BCUT2D eigenvalue weighted by atomic mass is 79.9. The maximum Gasteiger partial charge on any atom is 0.243 e. The lowest BCUT2D eigenvalue weighted by Gasteiger charge is -2.32. The Bertz CT molecular complexity index is 1260. The van der Waals surface area contributed by atoms with Crippen LogP contribution in [0.5, 0.6) is 11.5 Å². The van der Waals surface area contributed by atoms with Crippen LogP contribution >= 0.6 is 15.9 Å². The van der Waals surface area contributed by atoms with Crippen LogP contribution in [-0.2, 0) is 29.0 Å². The van der Waals surface area contributed by atoms with Gasteiger partial charge < -0.3 is 19.7 Å². The van der Waals surface area contributed by atoms with Gasteiger partial charge in [-0.05, 0) is 60.2 Å². The van der Waals surface area contributed by atoms with Gasteiger partial charge in [-0.2, -0.15) is 0 Å². The minimum absolute atomic E-state index is 0.0460. The summed E-state index contributed by atoms with van der Waals surface area (Å²) in [5, 5.41) is 3.27. The molecule has 1 N–H and O–H groups in total. The molecule has 2 aliphatic rings. The fourth-order valence-electron chi connectivity index (χ4n) is 5.35. The molecule has 0 spiro atoms. The van der Waals surface area contributed by atoms with E-state index in [1.807, 2.05) is 72.8 Å². The van der Waals surface area contributed by atoms with Crippen LogP contribution in [0.25, 0.3) is 0 Å². The molecule has 0 aromatic heterocycles. The van der Waals surface area contributed by atoms with Gasteiger partial charge in [-0.3, -0.25) is 9.59 Å². The summed E-state index contributed by atoms with van der Waals surface area (Å²) in [5.41, 5.74) is 3.02. The van der Waals surface area contributed by atoms with E-state index in [-0.39, 0.29) is 24.3 Å². The third-order valence-electron chi connectivity index (χ3n) is 7.47. The number of amides is 2. The van der Waals surface area contributed by atoms with Crippen LogP contribution < -0.4 is 14.8 Å². The summed E-state index contributed by atoms with van der Waals surface area (Å²) in [6.45, 7) is 1.43. The first-order valence-corrected chi connectivity index (χ1v) is 14.6. The molecule has 3 aromatic rings. The quantitative estimate of drug-likeness (QED) is 0.321. The molecular formula is C32H35BrN2O4. The van der Waals surface area contributed by atoms with Crippen LogP contribution in [0.4, 0.5) is 0 Å². The van der Waals surface area contributed by atoms with E-state index in [9.17, 15) is 9.59 Å². The summed E-state index contributed by atoms with van der Waals surface area (Å²) < 4.78 is 12.3. The van der Waals surface area contributed by atoms with Gasteiger partial charge in [0.25, 0.3) is 0 Å². The summed E-state index contributed by atoms with van der Waals surface area (Å²) in [7, 11) is 0. The number of hydrogen-bond acceptors (Lipinski definition) is 4. The normalized spacial score (nSPS) is 15.5. The molecule has 0 unspecified atom stereocenters. The van der Waals surface area contributed by atoms with E-state index in [0.717, 1.165) is 58.3 Å². The molecule has 204 valence electrons. The molecule has 1 fully saturated rings. The number of hydrogen-bond donors (Lipinski definition) is 1. The zero-order valence-corrected chi connectivity index (χ0v) is 23.7. The molecular weight excluding hydrogens is 556 g/mol. The van der Waals surface area contributed by atoms with E-state index in [0.29, 0.717) is 32.6 Å². The van der Waals surface area contributed by atoms with Crippen LogP contribution in [0.3, 0.4) is 0 Å². The Morgan fingerprint density at radius 1 is 0.872 bits per heavy atom. The number of carbonyl (C=O) groups is 2. The van der Waals surface area contributed by atoms with Gasteiger partial charge in [0, 0.05) is 29.9 Å². The lowest BCUT2D eigenvalue weighted by atomic mass is 10.0. The second-order valence-corrected chi connectivity index (χ2v) is 11.2. The van der Waals surface area contributed by atoms with E-state index in [1.165, 1.54) is 0 Å². The van der Waals surface area contributed by atoms with Crippen molar-refractivity contribution in [3.63, 3.8) is 0 Å². The third kappa shape index (κ3) is 7.41. The van der Waals surface area contributed by atoms with Crippen molar-refractivity contribution in [2.75, 3.05) is 13.2 Å². The second-order valence-electron chi connectivity index (χ2n) is 10.3. The molecule has 1 aliphatic carbocycles. The van der Waals surface area contributed by atoms with Crippen molar-refractivity contribution in [3.8, 4) is 11.5 Å². The average Bonchev–Trinajstić information content (AvgIpc) is 3.48. The van der Waals surface area contributed by atoms with Crippen molar-refractivity contribution in [2.24, 2.45) is 0 Å². The maximum absolute atomic E-state index is 13.9. The summed E-state index contributed by atoms with van der Waals surface area (Å²) >= 11 is 3.50. The summed E-state index contributed by atoms with van der Waals surface area (Å²) in [6, 6.07) is 23.3. The number of halogens is 1. The van der Waals surface area contributed by atoms with Crippen LogP contribution in [0.1, 0.15) is 48.8 Å². The van der Waals surface area contributed by atoms with Gasteiger partial charge >= 0.3 is 0 Å². The molecule has 0 saturated heterocycles. The first-order chi connectivity index (χ1) is 19.0. The topological polar surface area (TPSA) is 67.9 Å². The number of aryl methyl sites for hydroxylation is 1. The number of rotatable bonds is 10. The molecule has 5 rings (SSSR count). The fraction of sp³-hybridized carbons (Fsp3) is 0.375. The predicted molar refractivity (Wildman–Crippen MR) is 155 cm³/mol. The van der Waals surface area contributed by atoms with Crippen molar-refractivity contribution in [1.29, 1.82) is 0 Å². The maximum atomic E-state index is 13.9. The molecule has 1 atom stereocenters. The fourth-order valence-corrected chi connectivity index (χ4v) is 5.61. The lowest BCUT2D eigenvalue weighted by Crippen LogP contribution is -2.52. The minimum atomic E-state index is -0.607. The first kappa shape index (κ1) is 27.3. The Labute approximate surface area is 238 Å². The lowest BCUT2D eigenvalue weighted by molar-refractivity contribution is -0.141. The molecule has 1 heterocycles. The van der Waals surface area contributed by atoms with E-state index in [1.54, 1.807) is 4.90 Å². The smallest absolute Gasteiger partial charge is 0.243 e. The molecule has 1 saturated carbocycles. The SMILES string of the molecule is O=C(NC1CCCC1)[C@@H](Cc1ccccc1)N(Cc1ccc(Br)cc1)C(=O)CCc1ccc2c(c1)OCCO2. The van der Waals surface area contributed by atoms with Gasteiger partial charge in [-0.25, -0.2) is 0 Å². The number of nitrogens with zero attached hydrogens (tertiary/aromatic N) is 1. The van der Waals surface area contributed by atoms with Crippen LogP contribution in [0.15, 0.2) is 77.3 Å². The number of fused-ring (bicyclic) bond motifs is 1. The highest BCUT2D eigenvalue weighted by molar-refractivity contribution is 9.10. The Morgan fingerprint density at radius 2 is 1.56 bits per heavy atom. The van der Waals surface area contributed by atoms with Crippen molar-refractivity contribution >= 4 is 27.7 Å². The highest BCUT2D eigenvalue weighted by Gasteiger charge is 2.32. The van der Waals surface area contributed by atoms with Crippen molar-refractivity contribution < 1.29 is 19.1 Å². The number of nitrogens with one attached hydrogen (secondary N) is 1. The zero-order chi connectivity index (χ0) is 27.0. The molecule has 7 heteroatoms. The van der Waals surface area contributed by atoms with Crippen LogP contribution in [0, 0.1) is 0 Å². The van der Waals surface area contributed by atoms with Gasteiger partial charge in [-0.15, -0.1) is 0 Å². The van der Waals surface area contributed by atoms with Gasteiger partial charge in [0.2, 0.25) is 11.8 Å². The molecule has 2 amide bonds. The summed E-state index contributed by atoms with van der Waals surface area (Å²) in [6.07, 6.45) is 5.55. The molecule has 39 heavy (non-hydrogen) atoms.